The van der Waals surface area contributed by atoms with Gasteiger partial charge in [-0.05, 0) is 55.5 Å². The fraction of sp³-hybridized carbons (Fsp3) is 0.192. The molecule has 174 valence electrons. The number of nitrogens with zero attached hydrogens (tertiary/aromatic N) is 2. The Labute approximate surface area is 204 Å². The van der Waals surface area contributed by atoms with E-state index in [1.54, 1.807) is 4.68 Å². The summed E-state index contributed by atoms with van der Waals surface area (Å²) in [4.78, 5) is 13.0. The topological polar surface area (TPSA) is 77.4 Å². The molecule has 0 unspecified atom stereocenters. The molecule has 0 bridgehead atoms. The monoisotopic (exact) mass is 474 g/mol. The third-order valence-electron chi connectivity index (χ3n) is 5.40. The third-order valence-corrected chi connectivity index (χ3v) is 5.62. The summed E-state index contributed by atoms with van der Waals surface area (Å²) in [6.45, 7) is 10.3. The molecule has 1 aliphatic rings. The summed E-state index contributed by atoms with van der Waals surface area (Å²) in [5.74, 6) is -0.375. The molecular formula is C26H26N4O3S. The van der Waals surface area contributed by atoms with Crippen LogP contribution in [-0.4, -0.2) is 34.1 Å². The Morgan fingerprint density at radius 3 is 2.62 bits per heavy atom. The van der Waals surface area contributed by atoms with Crippen molar-refractivity contribution in [3.05, 3.63) is 91.3 Å². The summed E-state index contributed by atoms with van der Waals surface area (Å²) in [7, 11) is 0. The van der Waals surface area contributed by atoms with E-state index >= 15 is 0 Å². The van der Waals surface area contributed by atoms with E-state index in [9.17, 15) is 4.79 Å². The minimum atomic E-state index is -0.721. The van der Waals surface area contributed by atoms with Crippen molar-refractivity contribution in [1.29, 1.82) is 0 Å². The Balaban J connectivity index is 1.82. The SMILES string of the molecule is C=CCOC(=O)[C@H]1C(=C)NC(=S)N[C@@H]1c1cn(-c2ccccc2)nc1-c1ccc(OCC)cc1. The zero-order chi connectivity index (χ0) is 24.1. The lowest BCUT2D eigenvalue weighted by molar-refractivity contribution is -0.147. The fourth-order valence-corrected chi connectivity index (χ4v) is 4.14. The smallest absolute Gasteiger partial charge is 0.317 e. The van der Waals surface area contributed by atoms with Crippen LogP contribution in [0.15, 0.2) is 85.7 Å². The summed E-state index contributed by atoms with van der Waals surface area (Å²) >= 11 is 5.40. The molecule has 2 aromatic carbocycles. The van der Waals surface area contributed by atoms with Gasteiger partial charge in [-0.2, -0.15) is 5.10 Å². The number of ether oxygens (including phenoxy) is 2. The van der Waals surface area contributed by atoms with Crippen LogP contribution in [0.3, 0.4) is 0 Å². The first-order chi connectivity index (χ1) is 16.5. The van der Waals surface area contributed by atoms with Crippen molar-refractivity contribution in [2.75, 3.05) is 13.2 Å². The zero-order valence-electron chi connectivity index (χ0n) is 18.9. The number of hydrogen-bond donors (Lipinski definition) is 2. The fourth-order valence-electron chi connectivity index (χ4n) is 3.88. The molecule has 3 aromatic rings. The summed E-state index contributed by atoms with van der Waals surface area (Å²) < 4.78 is 12.8. The van der Waals surface area contributed by atoms with Crippen LogP contribution in [0, 0.1) is 5.92 Å². The molecule has 2 atom stereocenters. The second kappa shape index (κ2) is 10.4. The van der Waals surface area contributed by atoms with Gasteiger partial charge in [-0.1, -0.05) is 37.4 Å². The van der Waals surface area contributed by atoms with Gasteiger partial charge in [0.05, 0.1) is 24.0 Å². The number of benzene rings is 2. The summed E-state index contributed by atoms with van der Waals surface area (Å²) in [6.07, 6.45) is 3.44. The largest absolute Gasteiger partial charge is 0.494 e. The van der Waals surface area contributed by atoms with Gasteiger partial charge in [0.2, 0.25) is 0 Å². The molecule has 0 amide bonds. The van der Waals surface area contributed by atoms with E-state index in [0.29, 0.717) is 23.1 Å². The van der Waals surface area contributed by atoms with Crippen LogP contribution in [0.25, 0.3) is 16.9 Å². The van der Waals surface area contributed by atoms with Crippen LogP contribution in [0.5, 0.6) is 5.75 Å². The molecule has 8 heteroatoms. The van der Waals surface area contributed by atoms with E-state index in [1.165, 1.54) is 6.08 Å². The highest BCUT2D eigenvalue weighted by Crippen LogP contribution is 2.37. The molecule has 1 aliphatic heterocycles. The predicted octanol–water partition coefficient (Wildman–Crippen LogP) is 4.32. The van der Waals surface area contributed by atoms with Gasteiger partial charge in [0.1, 0.15) is 18.3 Å². The standard InChI is InChI=1S/C26H26N4O3S/c1-4-15-33-25(31)22-17(3)27-26(34)28-24(22)21-16-30(19-9-7-6-8-10-19)29-23(21)18-11-13-20(14-12-18)32-5-2/h4,6-14,16,22,24H,1,3,5,15H2,2H3,(H2,27,28,34)/t22-,24+/m0/s1. The van der Waals surface area contributed by atoms with Crippen LogP contribution < -0.4 is 15.4 Å². The summed E-state index contributed by atoms with van der Waals surface area (Å²) in [6, 6.07) is 16.9. The molecule has 7 nitrogen and oxygen atoms in total. The molecule has 1 fully saturated rings. The molecule has 1 aromatic heterocycles. The van der Waals surface area contributed by atoms with Gasteiger partial charge in [0.25, 0.3) is 0 Å². The average molecular weight is 475 g/mol. The molecule has 34 heavy (non-hydrogen) atoms. The van der Waals surface area contributed by atoms with Crippen molar-refractivity contribution >= 4 is 23.3 Å². The van der Waals surface area contributed by atoms with Crippen molar-refractivity contribution in [3.63, 3.8) is 0 Å². The molecule has 0 aliphatic carbocycles. The first-order valence-corrected chi connectivity index (χ1v) is 11.3. The molecule has 0 radical (unpaired) electrons. The van der Waals surface area contributed by atoms with Crippen molar-refractivity contribution in [2.45, 2.75) is 13.0 Å². The van der Waals surface area contributed by atoms with Gasteiger partial charge in [0.15, 0.2) is 5.11 Å². The summed E-state index contributed by atoms with van der Waals surface area (Å²) in [5.41, 5.74) is 3.74. The number of para-hydroxylation sites is 1. The number of aromatic nitrogens is 2. The van der Waals surface area contributed by atoms with E-state index in [0.717, 1.165) is 22.6 Å². The van der Waals surface area contributed by atoms with E-state index in [2.05, 4.69) is 23.8 Å². The summed E-state index contributed by atoms with van der Waals surface area (Å²) in [5, 5.41) is 11.5. The highest BCUT2D eigenvalue weighted by atomic mass is 32.1. The Morgan fingerprint density at radius 2 is 1.94 bits per heavy atom. The molecule has 0 spiro atoms. The van der Waals surface area contributed by atoms with Gasteiger partial charge in [0, 0.05) is 23.0 Å². The number of rotatable bonds is 8. The molecule has 0 saturated carbocycles. The second-order valence-electron chi connectivity index (χ2n) is 7.67. The molecule has 2 heterocycles. The third kappa shape index (κ3) is 4.87. The van der Waals surface area contributed by atoms with Crippen LogP contribution in [0.4, 0.5) is 0 Å². The number of hydrogen-bond acceptors (Lipinski definition) is 5. The molecule has 2 N–H and O–H groups in total. The molecule has 1 saturated heterocycles. The van der Waals surface area contributed by atoms with Crippen LogP contribution >= 0.6 is 12.2 Å². The minimum absolute atomic E-state index is 0.106. The lowest BCUT2D eigenvalue weighted by Crippen LogP contribution is -2.51. The second-order valence-corrected chi connectivity index (χ2v) is 8.08. The maximum Gasteiger partial charge on any atom is 0.317 e. The number of carbonyl (C=O) groups is 1. The van der Waals surface area contributed by atoms with Gasteiger partial charge < -0.3 is 20.1 Å². The zero-order valence-corrected chi connectivity index (χ0v) is 19.7. The van der Waals surface area contributed by atoms with Gasteiger partial charge >= 0.3 is 5.97 Å². The molecule has 4 rings (SSSR count). The predicted molar refractivity (Wildman–Crippen MR) is 136 cm³/mol. The lowest BCUT2D eigenvalue weighted by atomic mass is 9.88. The number of esters is 1. The first-order valence-electron chi connectivity index (χ1n) is 10.9. The van der Waals surface area contributed by atoms with Crippen molar-refractivity contribution in [3.8, 4) is 22.7 Å². The highest BCUT2D eigenvalue weighted by Gasteiger charge is 2.40. The number of carbonyl (C=O) groups excluding carboxylic acids is 1. The highest BCUT2D eigenvalue weighted by molar-refractivity contribution is 7.80. The normalized spacial score (nSPS) is 17.4. The van der Waals surface area contributed by atoms with Crippen LogP contribution in [-0.2, 0) is 9.53 Å². The average Bonchev–Trinajstić information content (AvgIpc) is 3.29. The van der Waals surface area contributed by atoms with E-state index in [1.807, 2.05) is 67.7 Å². The Kier molecular flexibility index (Phi) is 7.08. The Bertz CT molecular complexity index is 1200. The maximum absolute atomic E-state index is 13.0. The van der Waals surface area contributed by atoms with Crippen molar-refractivity contribution in [2.24, 2.45) is 5.92 Å². The minimum Gasteiger partial charge on any atom is -0.494 e. The molecular weight excluding hydrogens is 448 g/mol. The van der Waals surface area contributed by atoms with Crippen LogP contribution in [0.1, 0.15) is 18.5 Å². The maximum atomic E-state index is 13.0. The quantitative estimate of drug-likeness (QED) is 0.286. The Hall–Kier alpha value is -3.91. The van der Waals surface area contributed by atoms with Crippen molar-refractivity contribution in [1.82, 2.24) is 20.4 Å². The van der Waals surface area contributed by atoms with Gasteiger partial charge in [-0.15, -0.1) is 0 Å². The lowest BCUT2D eigenvalue weighted by Gasteiger charge is -2.34. The van der Waals surface area contributed by atoms with Crippen LogP contribution in [0.2, 0.25) is 0 Å². The van der Waals surface area contributed by atoms with E-state index < -0.39 is 17.9 Å². The number of nitrogens with one attached hydrogen (secondary N) is 2. The van der Waals surface area contributed by atoms with E-state index in [4.69, 9.17) is 26.8 Å². The van der Waals surface area contributed by atoms with E-state index in [-0.39, 0.29) is 6.61 Å². The first kappa shape index (κ1) is 23.3. The van der Waals surface area contributed by atoms with Crippen molar-refractivity contribution < 1.29 is 14.3 Å². The van der Waals surface area contributed by atoms with Gasteiger partial charge in [-0.25, -0.2) is 4.68 Å². The number of thiocarbonyl (C=S) groups is 1. The van der Waals surface area contributed by atoms with Gasteiger partial charge in [-0.3, -0.25) is 4.79 Å². The Morgan fingerprint density at radius 1 is 1.21 bits per heavy atom.